The van der Waals surface area contributed by atoms with Crippen molar-refractivity contribution in [2.24, 2.45) is 11.8 Å². The van der Waals surface area contributed by atoms with Crippen LogP contribution in [0.25, 0.3) is 0 Å². The second kappa shape index (κ2) is 4.14. The minimum Gasteiger partial charge on any atom is -0.198 e. The van der Waals surface area contributed by atoms with E-state index in [9.17, 15) is 0 Å². The highest BCUT2D eigenvalue weighted by molar-refractivity contribution is 4.84. The molecule has 0 rings (SSSR count). The summed E-state index contributed by atoms with van der Waals surface area (Å²) < 4.78 is 0. The van der Waals surface area contributed by atoms with E-state index in [1.165, 1.54) is 0 Å². The quantitative estimate of drug-likeness (QED) is 0.528. The topological polar surface area (TPSA) is 23.8 Å². The Morgan fingerprint density at radius 3 is 2.56 bits per heavy atom. The van der Waals surface area contributed by atoms with Crippen molar-refractivity contribution in [1.82, 2.24) is 0 Å². The minimum atomic E-state index is 0.451. The van der Waals surface area contributed by atoms with Crippen LogP contribution in [-0.4, -0.2) is 0 Å². The van der Waals surface area contributed by atoms with Crippen LogP contribution in [0.4, 0.5) is 0 Å². The molecule has 2 atom stereocenters. The molecule has 0 aromatic heterocycles. The van der Waals surface area contributed by atoms with Crippen LogP contribution >= 0.6 is 0 Å². The largest absolute Gasteiger partial charge is 0.198 e. The third kappa shape index (κ3) is 2.92. The summed E-state index contributed by atoms with van der Waals surface area (Å²) in [5, 5.41) is 8.30. The minimum absolute atomic E-state index is 0.451. The van der Waals surface area contributed by atoms with Gasteiger partial charge in [0.2, 0.25) is 0 Å². The zero-order valence-corrected chi connectivity index (χ0v) is 6.09. The van der Waals surface area contributed by atoms with E-state index in [4.69, 9.17) is 5.26 Å². The molecule has 50 valence electrons. The van der Waals surface area contributed by atoms with E-state index >= 15 is 0 Å². The van der Waals surface area contributed by atoms with Gasteiger partial charge in [0.25, 0.3) is 0 Å². The molecule has 9 heavy (non-hydrogen) atoms. The fraction of sp³-hybridized carbons (Fsp3) is 0.625. The van der Waals surface area contributed by atoms with Gasteiger partial charge in [0.15, 0.2) is 0 Å². The van der Waals surface area contributed by atoms with Crippen molar-refractivity contribution >= 4 is 0 Å². The van der Waals surface area contributed by atoms with E-state index in [0.29, 0.717) is 18.3 Å². The average Bonchev–Trinajstić information content (AvgIpc) is 1.87. The standard InChI is InChI=1S/C8H13N/c1-4-7(2)8(3)5-6-9/h4,7-8H,1,5H2,2-3H3/t7-,8+/m0/s1. The predicted octanol–water partition coefficient (Wildman–Crippen LogP) is 2.36. The average molecular weight is 123 g/mol. The van der Waals surface area contributed by atoms with Crippen LogP contribution in [0, 0.1) is 23.2 Å². The Kier molecular flexibility index (Phi) is 3.79. The Hall–Kier alpha value is -0.770. The third-order valence-corrected chi connectivity index (χ3v) is 1.68. The van der Waals surface area contributed by atoms with Gasteiger partial charge in [0.05, 0.1) is 6.07 Å². The molecule has 0 radical (unpaired) electrons. The summed E-state index contributed by atoms with van der Waals surface area (Å²) in [6.45, 7) is 7.80. The van der Waals surface area contributed by atoms with Crippen LogP contribution in [0.3, 0.4) is 0 Å². The first kappa shape index (κ1) is 8.23. The molecule has 1 heteroatoms. The van der Waals surface area contributed by atoms with Gasteiger partial charge in [0, 0.05) is 6.42 Å². The van der Waals surface area contributed by atoms with E-state index < -0.39 is 0 Å². The van der Waals surface area contributed by atoms with Gasteiger partial charge in [0.1, 0.15) is 0 Å². The molecule has 1 nitrogen and oxygen atoms in total. The van der Waals surface area contributed by atoms with E-state index in [-0.39, 0.29) is 0 Å². The summed E-state index contributed by atoms with van der Waals surface area (Å²) in [7, 11) is 0. The van der Waals surface area contributed by atoms with Gasteiger partial charge < -0.3 is 0 Å². The molecule has 0 aliphatic rings. The van der Waals surface area contributed by atoms with Crippen LogP contribution in [0.15, 0.2) is 12.7 Å². The van der Waals surface area contributed by atoms with Crippen LogP contribution in [-0.2, 0) is 0 Å². The molecule has 0 aliphatic carbocycles. The van der Waals surface area contributed by atoms with Gasteiger partial charge in [-0.2, -0.15) is 5.26 Å². The van der Waals surface area contributed by atoms with E-state index in [1.807, 2.05) is 6.08 Å². The zero-order valence-electron chi connectivity index (χ0n) is 6.09. The predicted molar refractivity (Wildman–Crippen MR) is 38.8 cm³/mol. The highest BCUT2D eigenvalue weighted by atomic mass is 14.2. The molecule has 0 amide bonds. The maximum atomic E-state index is 8.30. The van der Waals surface area contributed by atoms with E-state index in [1.54, 1.807) is 0 Å². The SMILES string of the molecule is C=C[C@H](C)[C@H](C)CC#N. The molecule has 0 spiro atoms. The van der Waals surface area contributed by atoms with Crippen molar-refractivity contribution in [3.05, 3.63) is 12.7 Å². The molecule has 0 fully saturated rings. The number of nitriles is 1. The Bertz CT molecular complexity index is 121. The number of hydrogen-bond acceptors (Lipinski definition) is 1. The molecule has 0 saturated heterocycles. The maximum Gasteiger partial charge on any atom is 0.0624 e. The third-order valence-electron chi connectivity index (χ3n) is 1.68. The van der Waals surface area contributed by atoms with Gasteiger partial charge >= 0.3 is 0 Å². The van der Waals surface area contributed by atoms with Gasteiger partial charge in [-0.15, -0.1) is 6.58 Å². The van der Waals surface area contributed by atoms with Crippen molar-refractivity contribution in [2.45, 2.75) is 20.3 Å². The molecule has 0 aromatic carbocycles. The summed E-state index contributed by atoms with van der Waals surface area (Å²) >= 11 is 0. The van der Waals surface area contributed by atoms with Crippen LogP contribution in [0.5, 0.6) is 0 Å². The monoisotopic (exact) mass is 123 g/mol. The van der Waals surface area contributed by atoms with Crippen molar-refractivity contribution < 1.29 is 0 Å². The number of rotatable bonds is 3. The second-order valence-electron chi connectivity index (χ2n) is 2.43. The molecular weight excluding hydrogens is 110 g/mol. The van der Waals surface area contributed by atoms with Crippen LogP contribution in [0.2, 0.25) is 0 Å². The molecule has 0 aromatic rings. The van der Waals surface area contributed by atoms with Crippen LogP contribution in [0.1, 0.15) is 20.3 Å². The van der Waals surface area contributed by atoms with Gasteiger partial charge in [-0.1, -0.05) is 19.9 Å². The molecule has 0 saturated carbocycles. The highest BCUT2D eigenvalue weighted by Gasteiger charge is 2.06. The Labute approximate surface area is 57.0 Å². The molecule has 0 N–H and O–H groups in total. The fourth-order valence-electron chi connectivity index (χ4n) is 0.562. The second-order valence-corrected chi connectivity index (χ2v) is 2.43. The van der Waals surface area contributed by atoms with E-state index in [2.05, 4.69) is 26.5 Å². The lowest BCUT2D eigenvalue weighted by Crippen LogP contribution is -2.02. The maximum absolute atomic E-state index is 8.30. The first-order valence-electron chi connectivity index (χ1n) is 3.22. The number of hydrogen-bond donors (Lipinski definition) is 0. The lowest BCUT2D eigenvalue weighted by Gasteiger charge is -2.10. The Morgan fingerprint density at radius 2 is 2.22 bits per heavy atom. The molecule has 0 heterocycles. The van der Waals surface area contributed by atoms with Crippen molar-refractivity contribution in [1.29, 1.82) is 5.26 Å². The molecule has 0 bridgehead atoms. The van der Waals surface area contributed by atoms with Gasteiger partial charge in [-0.05, 0) is 11.8 Å². The number of allylic oxidation sites excluding steroid dienone is 1. The lowest BCUT2D eigenvalue weighted by atomic mass is 9.94. The molecule has 0 aliphatic heterocycles. The first-order chi connectivity index (χ1) is 4.22. The summed E-state index contributed by atoms with van der Waals surface area (Å²) in [6.07, 6.45) is 2.52. The zero-order chi connectivity index (χ0) is 7.28. The van der Waals surface area contributed by atoms with Crippen molar-refractivity contribution in [2.75, 3.05) is 0 Å². The summed E-state index contributed by atoms with van der Waals surface area (Å²) in [5.74, 6) is 0.914. The lowest BCUT2D eigenvalue weighted by molar-refractivity contribution is 0.470. The summed E-state index contributed by atoms with van der Waals surface area (Å²) in [4.78, 5) is 0. The van der Waals surface area contributed by atoms with Gasteiger partial charge in [-0.25, -0.2) is 0 Å². The Morgan fingerprint density at radius 1 is 1.67 bits per heavy atom. The van der Waals surface area contributed by atoms with Crippen LogP contribution < -0.4 is 0 Å². The Balaban J connectivity index is 3.60. The van der Waals surface area contributed by atoms with Crippen molar-refractivity contribution in [3.8, 4) is 6.07 Å². The van der Waals surface area contributed by atoms with Gasteiger partial charge in [-0.3, -0.25) is 0 Å². The molecular formula is C8H13N. The molecule has 0 unspecified atom stereocenters. The normalized spacial score (nSPS) is 15.7. The smallest absolute Gasteiger partial charge is 0.0624 e. The highest BCUT2D eigenvalue weighted by Crippen LogP contribution is 2.14. The summed E-state index contributed by atoms with van der Waals surface area (Å²) in [5.41, 5.74) is 0. The first-order valence-corrected chi connectivity index (χ1v) is 3.22. The van der Waals surface area contributed by atoms with Crippen molar-refractivity contribution in [3.63, 3.8) is 0 Å². The summed E-state index contributed by atoms with van der Waals surface area (Å²) in [6, 6.07) is 2.13. The van der Waals surface area contributed by atoms with E-state index in [0.717, 1.165) is 0 Å². The number of nitrogens with zero attached hydrogens (tertiary/aromatic N) is 1. The fourth-order valence-corrected chi connectivity index (χ4v) is 0.562.